The minimum absolute atomic E-state index is 0.0500. The molecule has 22 heavy (non-hydrogen) atoms. The maximum absolute atomic E-state index is 13.9. The Hall–Kier alpha value is -2.01. The second kappa shape index (κ2) is 9.10. The van der Waals surface area contributed by atoms with Crippen molar-refractivity contribution < 1.29 is 22.6 Å². The summed E-state index contributed by atoms with van der Waals surface area (Å²) in [5.41, 5.74) is 0.308. The van der Waals surface area contributed by atoms with Gasteiger partial charge in [-0.05, 0) is 31.2 Å². The van der Waals surface area contributed by atoms with Gasteiger partial charge in [0.05, 0.1) is 6.61 Å². The SMILES string of the molecule is C=C/C(F)=C\C(F)=C(/CC)Oc1ccc(F)c(COCC)c1. The summed E-state index contributed by atoms with van der Waals surface area (Å²) in [6, 6.07) is 4.03. The molecule has 0 saturated heterocycles. The predicted octanol–water partition coefficient (Wildman–Crippen LogP) is 5.37. The molecule has 0 bridgehead atoms. The Morgan fingerprint density at radius 3 is 2.59 bits per heavy atom. The van der Waals surface area contributed by atoms with Gasteiger partial charge in [-0.2, -0.15) is 0 Å². The lowest BCUT2D eigenvalue weighted by Gasteiger charge is -2.11. The van der Waals surface area contributed by atoms with Gasteiger partial charge >= 0.3 is 0 Å². The predicted molar refractivity (Wildman–Crippen MR) is 80.2 cm³/mol. The van der Waals surface area contributed by atoms with Gasteiger partial charge in [0, 0.05) is 24.7 Å². The highest BCUT2D eigenvalue weighted by molar-refractivity contribution is 5.32. The van der Waals surface area contributed by atoms with Crippen molar-refractivity contribution in [3.8, 4) is 5.75 Å². The van der Waals surface area contributed by atoms with Crippen LogP contribution in [-0.2, 0) is 11.3 Å². The van der Waals surface area contributed by atoms with Crippen LogP contribution >= 0.6 is 0 Å². The third kappa shape index (κ3) is 5.41. The molecule has 0 aliphatic rings. The van der Waals surface area contributed by atoms with E-state index in [2.05, 4.69) is 6.58 Å². The average Bonchev–Trinajstić information content (AvgIpc) is 2.52. The highest BCUT2D eigenvalue weighted by atomic mass is 19.1. The first-order chi connectivity index (χ1) is 10.5. The molecule has 0 aliphatic carbocycles. The molecular formula is C17H19F3O2. The Labute approximate surface area is 128 Å². The summed E-state index contributed by atoms with van der Waals surface area (Å²) in [4.78, 5) is 0. The zero-order valence-corrected chi connectivity index (χ0v) is 12.7. The van der Waals surface area contributed by atoms with Gasteiger partial charge in [-0.15, -0.1) is 0 Å². The Morgan fingerprint density at radius 1 is 1.27 bits per heavy atom. The Balaban J connectivity index is 3.00. The molecule has 0 amide bonds. The summed E-state index contributed by atoms with van der Waals surface area (Å²) in [7, 11) is 0. The number of halogens is 3. The van der Waals surface area contributed by atoms with E-state index in [4.69, 9.17) is 9.47 Å². The van der Waals surface area contributed by atoms with Crippen molar-refractivity contribution in [1.82, 2.24) is 0 Å². The summed E-state index contributed by atoms with van der Waals surface area (Å²) in [5.74, 6) is -1.86. The van der Waals surface area contributed by atoms with E-state index in [-0.39, 0.29) is 24.5 Å². The van der Waals surface area contributed by atoms with Crippen LogP contribution in [0.4, 0.5) is 13.2 Å². The molecule has 120 valence electrons. The first kappa shape index (κ1) is 18.0. The van der Waals surface area contributed by atoms with Crippen molar-refractivity contribution in [2.75, 3.05) is 6.61 Å². The van der Waals surface area contributed by atoms with Crippen LogP contribution in [0, 0.1) is 5.82 Å². The lowest BCUT2D eigenvalue weighted by atomic mass is 10.2. The molecule has 1 aromatic rings. The molecule has 0 atom stereocenters. The minimum Gasteiger partial charge on any atom is -0.459 e. The molecule has 1 aromatic carbocycles. The first-order valence-electron chi connectivity index (χ1n) is 6.94. The summed E-state index contributed by atoms with van der Waals surface area (Å²) < 4.78 is 51.0. The number of hydrogen-bond donors (Lipinski definition) is 0. The van der Waals surface area contributed by atoms with Gasteiger partial charge < -0.3 is 9.47 Å². The van der Waals surface area contributed by atoms with Gasteiger partial charge in [0.2, 0.25) is 0 Å². The van der Waals surface area contributed by atoms with E-state index in [1.54, 1.807) is 13.8 Å². The lowest BCUT2D eigenvalue weighted by molar-refractivity contribution is 0.131. The smallest absolute Gasteiger partial charge is 0.164 e. The molecule has 2 nitrogen and oxygen atoms in total. The van der Waals surface area contributed by atoms with E-state index in [1.807, 2.05) is 0 Å². The van der Waals surface area contributed by atoms with Crippen LogP contribution < -0.4 is 4.74 Å². The third-order valence-corrected chi connectivity index (χ3v) is 2.77. The van der Waals surface area contributed by atoms with Gasteiger partial charge in [-0.25, -0.2) is 13.2 Å². The first-order valence-corrected chi connectivity index (χ1v) is 6.94. The second-order valence-corrected chi connectivity index (χ2v) is 4.35. The van der Waals surface area contributed by atoms with Crippen LogP contribution in [0.2, 0.25) is 0 Å². The van der Waals surface area contributed by atoms with Crippen LogP contribution in [0.15, 0.2) is 54.3 Å². The Bertz CT molecular complexity index is 577. The van der Waals surface area contributed by atoms with Crippen molar-refractivity contribution in [2.24, 2.45) is 0 Å². The second-order valence-electron chi connectivity index (χ2n) is 4.35. The number of rotatable bonds is 8. The molecule has 0 aliphatic heterocycles. The Morgan fingerprint density at radius 2 is 2.00 bits per heavy atom. The minimum atomic E-state index is -0.837. The quantitative estimate of drug-likeness (QED) is 0.474. The molecule has 0 radical (unpaired) electrons. The fourth-order valence-electron chi connectivity index (χ4n) is 1.63. The fourth-order valence-corrected chi connectivity index (χ4v) is 1.63. The molecule has 0 fully saturated rings. The van der Waals surface area contributed by atoms with Crippen molar-refractivity contribution in [1.29, 1.82) is 0 Å². The van der Waals surface area contributed by atoms with E-state index >= 15 is 0 Å². The van der Waals surface area contributed by atoms with E-state index in [9.17, 15) is 13.2 Å². The standard InChI is InChI=1S/C17H19F3O2/c1-4-13(18)10-16(20)17(5-2)22-14-7-8-15(19)12(9-14)11-21-6-3/h4,7-10H,1,5-6,11H2,2-3H3/b13-10+,17-16-. The molecule has 0 aromatic heterocycles. The van der Waals surface area contributed by atoms with Gasteiger partial charge in [0.15, 0.2) is 5.83 Å². The van der Waals surface area contributed by atoms with Crippen LogP contribution in [0.1, 0.15) is 25.8 Å². The van der Waals surface area contributed by atoms with Gasteiger partial charge in [0.1, 0.15) is 23.2 Å². The highest BCUT2D eigenvalue weighted by Crippen LogP contribution is 2.23. The fraction of sp³-hybridized carbons (Fsp3) is 0.294. The largest absolute Gasteiger partial charge is 0.459 e. The van der Waals surface area contributed by atoms with E-state index in [0.29, 0.717) is 18.2 Å². The molecule has 0 saturated carbocycles. The normalized spacial score (nSPS) is 12.9. The molecule has 0 heterocycles. The highest BCUT2D eigenvalue weighted by Gasteiger charge is 2.09. The van der Waals surface area contributed by atoms with Crippen molar-refractivity contribution in [3.63, 3.8) is 0 Å². The van der Waals surface area contributed by atoms with Crippen LogP contribution in [0.25, 0.3) is 0 Å². The van der Waals surface area contributed by atoms with Crippen molar-refractivity contribution in [3.05, 3.63) is 65.7 Å². The molecule has 1 rings (SSSR count). The summed E-state index contributed by atoms with van der Waals surface area (Å²) in [6.45, 7) is 7.21. The number of hydrogen-bond acceptors (Lipinski definition) is 2. The van der Waals surface area contributed by atoms with E-state index in [1.165, 1.54) is 18.2 Å². The molecule has 0 N–H and O–H groups in total. The van der Waals surface area contributed by atoms with Crippen LogP contribution in [-0.4, -0.2) is 6.61 Å². The number of benzene rings is 1. The molecular weight excluding hydrogens is 293 g/mol. The zero-order valence-electron chi connectivity index (χ0n) is 12.7. The summed E-state index contributed by atoms with van der Waals surface area (Å²) in [5, 5.41) is 0. The maximum Gasteiger partial charge on any atom is 0.164 e. The molecule has 5 heteroatoms. The molecule has 0 unspecified atom stereocenters. The van der Waals surface area contributed by atoms with Gasteiger partial charge in [-0.3, -0.25) is 0 Å². The summed E-state index contributed by atoms with van der Waals surface area (Å²) >= 11 is 0. The Kier molecular flexibility index (Phi) is 7.46. The summed E-state index contributed by atoms with van der Waals surface area (Å²) in [6.07, 6.45) is 1.80. The third-order valence-electron chi connectivity index (χ3n) is 2.77. The monoisotopic (exact) mass is 312 g/mol. The number of ether oxygens (including phenoxy) is 2. The van der Waals surface area contributed by atoms with Gasteiger partial charge in [0.25, 0.3) is 0 Å². The van der Waals surface area contributed by atoms with Crippen LogP contribution in [0.3, 0.4) is 0 Å². The van der Waals surface area contributed by atoms with E-state index < -0.39 is 17.5 Å². The van der Waals surface area contributed by atoms with Crippen molar-refractivity contribution in [2.45, 2.75) is 26.9 Å². The zero-order chi connectivity index (χ0) is 16.5. The van der Waals surface area contributed by atoms with Crippen LogP contribution in [0.5, 0.6) is 5.75 Å². The lowest BCUT2D eigenvalue weighted by Crippen LogP contribution is -2.00. The van der Waals surface area contributed by atoms with E-state index in [0.717, 1.165) is 6.08 Å². The van der Waals surface area contributed by atoms with Crippen molar-refractivity contribution >= 4 is 0 Å². The molecule has 0 spiro atoms. The topological polar surface area (TPSA) is 18.5 Å². The van der Waals surface area contributed by atoms with Gasteiger partial charge in [-0.1, -0.05) is 13.5 Å². The number of allylic oxidation sites excluding steroid dienone is 5. The average molecular weight is 312 g/mol. The maximum atomic E-state index is 13.9.